The fraction of sp³-hybridized carbons (Fsp3) is 1.00. The van der Waals surface area contributed by atoms with E-state index in [1.165, 1.54) is 58.0 Å². The Bertz CT molecular complexity index is 214. The molecular weight excluding hydrogens is 278 g/mol. The van der Waals surface area contributed by atoms with Gasteiger partial charge in [-0.05, 0) is 80.6 Å². The second-order valence-electron chi connectivity index (χ2n) is 6.63. The third kappa shape index (κ3) is 14.7. The molecule has 1 unspecified atom stereocenters. The van der Waals surface area contributed by atoms with Crippen molar-refractivity contribution in [3.05, 3.63) is 0 Å². The molecule has 0 amide bonds. The van der Waals surface area contributed by atoms with Crippen molar-refractivity contribution in [2.45, 2.75) is 45.6 Å². The first-order valence-electron chi connectivity index (χ1n) is 8.59. The zero-order valence-corrected chi connectivity index (χ0v) is 16.8. The first-order chi connectivity index (χ1) is 9.95. The zero-order valence-electron chi connectivity index (χ0n) is 15.4. The molecule has 4 nitrogen and oxygen atoms in total. The number of hydrogen-bond acceptors (Lipinski definition) is 4. The lowest BCUT2D eigenvalue weighted by Crippen LogP contribution is -2.34. The third-order valence-electron chi connectivity index (χ3n) is 3.66. The van der Waals surface area contributed by atoms with Gasteiger partial charge >= 0.3 is 0 Å². The van der Waals surface area contributed by atoms with E-state index in [-0.39, 0.29) is 0 Å². The topological polar surface area (TPSA) is 19.0 Å². The molecule has 21 heavy (non-hydrogen) atoms. The van der Waals surface area contributed by atoms with Gasteiger partial charge in [0.1, 0.15) is 0 Å². The van der Waals surface area contributed by atoms with E-state index in [1.54, 1.807) is 0 Å². The highest BCUT2D eigenvalue weighted by Crippen LogP contribution is 2.01. The lowest BCUT2D eigenvalue weighted by molar-refractivity contribution is 0.204. The summed E-state index contributed by atoms with van der Waals surface area (Å²) in [5.41, 5.74) is 0. The lowest BCUT2D eigenvalue weighted by atomic mass is 10.2. The highest BCUT2D eigenvalue weighted by Gasteiger charge is 2.07. The molecule has 0 aliphatic rings. The van der Waals surface area contributed by atoms with Crippen LogP contribution in [0.4, 0.5) is 0 Å². The maximum absolute atomic E-state index is 6.04. The van der Waals surface area contributed by atoms with Crippen molar-refractivity contribution in [1.82, 2.24) is 14.7 Å². The van der Waals surface area contributed by atoms with E-state index in [0.717, 1.165) is 0 Å². The van der Waals surface area contributed by atoms with Gasteiger partial charge in [-0.2, -0.15) is 0 Å². The van der Waals surface area contributed by atoms with Crippen LogP contribution < -0.4 is 0 Å². The van der Waals surface area contributed by atoms with Gasteiger partial charge in [-0.15, -0.1) is 0 Å². The molecule has 0 aromatic rings. The molecule has 0 spiro atoms. The molecule has 0 radical (unpaired) electrons. The summed E-state index contributed by atoms with van der Waals surface area (Å²) in [4.78, 5) is 7.17. The predicted molar refractivity (Wildman–Crippen MR) is 96.8 cm³/mol. The Balaban J connectivity index is 3.93. The fourth-order valence-corrected chi connectivity index (χ4v) is 3.81. The molecule has 0 saturated heterocycles. The highest BCUT2D eigenvalue weighted by molar-refractivity contribution is 6.27. The molecule has 0 aliphatic heterocycles. The molecule has 5 heteroatoms. The van der Waals surface area contributed by atoms with E-state index >= 15 is 0 Å². The van der Waals surface area contributed by atoms with Crippen LogP contribution >= 0.6 is 0 Å². The number of rotatable bonds is 14. The molecule has 0 saturated carbocycles. The van der Waals surface area contributed by atoms with Crippen molar-refractivity contribution in [2.24, 2.45) is 0 Å². The Morgan fingerprint density at radius 2 is 1.43 bits per heavy atom. The second-order valence-corrected chi connectivity index (χ2v) is 7.81. The van der Waals surface area contributed by atoms with Gasteiger partial charge in [0, 0.05) is 12.3 Å². The summed E-state index contributed by atoms with van der Waals surface area (Å²) in [6.07, 6.45) is 6.61. The molecule has 1 atom stereocenters. The molecule has 0 aliphatic carbocycles. The molecule has 0 N–H and O–H groups in total. The summed E-state index contributed by atoms with van der Waals surface area (Å²) in [6, 6.07) is 0. The quantitative estimate of drug-likeness (QED) is 0.451. The van der Waals surface area contributed by atoms with E-state index < -0.39 is 9.76 Å². The summed E-state index contributed by atoms with van der Waals surface area (Å²) in [7, 11) is 8.21. The summed E-state index contributed by atoms with van der Waals surface area (Å²) >= 11 is 0. The van der Waals surface area contributed by atoms with Gasteiger partial charge in [0.2, 0.25) is 0 Å². The minimum Gasteiger partial charge on any atom is -0.420 e. The van der Waals surface area contributed by atoms with Gasteiger partial charge in [-0.1, -0.05) is 13.3 Å². The smallest absolute Gasteiger partial charge is 0.175 e. The Morgan fingerprint density at radius 1 is 0.905 bits per heavy atom. The molecule has 0 fully saturated rings. The average molecular weight is 318 g/mol. The highest BCUT2D eigenvalue weighted by atomic mass is 28.2. The van der Waals surface area contributed by atoms with E-state index in [9.17, 15) is 0 Å². The van der Waals surface area contributed by atoms with Crippen LogP contribution in [0.15, 0.2) is 0 Å². The van der Waals surface area contributed by atoms with Gasteiger partial charge in [-0.25, -0.2) is 0 Å². The normalized spacial score (nSPS) is 14.1. The number of nitrogens with zero attached hydrogens (tertiary/aromatic N) is 3. The number of hydrogen-bond donors (Lipinski definition) is 0. The molecule has 0 bridgehead atoms. The van der Waals surface area contributed by atoms with Crippen LogP contribution in [0, 0.1) is 0 Å². The molecule has 128 valence electrons. The van der Waals surface area contributed by atoms with Crippen LogP contribution in [0.25, 0.3) is 0 Å². The van der Waals surface area contributed by atoms with Crippen molar-refractivity contribution in [3.8, 4) is 0 Å². The van der Waals surface area contributed by atoms with Crippen molar-refractivity contribution in [3.63, 3.8) is 0 Å². The maximum Gasteiger partial charge on any atom is 0.175 e. The van der Waals surface area contributed by atoms with Gasteiger partial charge in [0.25, 0.3) is 0 Å². The van der Waals surface area contributed by atoms with Crippen LogP contribution in [0.5, 0.6) is 0 Å². The molecule has 0 rings (SSSR count). The van der Waals surface area contributed by atoms with E-state index in [2.05, 4.69) is 56.7 Å². The standard InChI is InChI=1S/C16H39N3OSi/c1-7-10-16(2)20-21-15-19(13-8-11-17(3)4)14-9-12-18(5)6/h16H,7-15,21H2,1-6H3. The van der Waals surface area contributed by atoms with E-state index in [1.807, 2.05) is 0 Å². The largest absolute Gasteiger partial charge is 0.420 e. The van der Waals surface area contributed by atoms with Crippen molar-refractivity contribution < 1.29 is 4.43 Å². The maximum atomic E-state index is 6.04. The van der Waals surface area contributed by atoms with Gasteiger partial charge in [0.05, 0.1) is 0 Å². The van der Waals surface area contributed by atoms with Crippen molar-refractivity contribution >= 4 is 9.76 Å². The van der Waals surface area contributed by atoms with Crippen LogP contribution in [0.3, 0.4) is 0 Å². The Morgan fingerprint density at radius 3 is 1.86 bits per heavy atom. The first-order valence-corrected chi connectivity index (χ1v) is 10.2. The molecule has 0 heterocycles. The molecule has 0 aromatic heterocycles. The minimum absolute atomic E-state index is 0.400. The van der Waals surface area contributed by atoms with Crippen LogP contribution in [0.1, 0.15) is 39.5 Å². The summed E-state index contributed by atoms with van der Waals surface area (Å²) in [6.45, 7) is 9.24. The average Bonchev–Trinajstić information content (AvgIpc) is 2.37. The van der Waals surface area contributed by atoms with Crippen LogP contribution in [-0.4, -0.2) is 91.1 Å². The monoisotopic (exact) mass is 317 g/mol. The summed E-state index contributed by atoms with van der Waals surface area (Å²) in [5, 5.41) is 0. The second kappa shape index (κ2) is 13.7. The van der Waals surface area contributed by atoms with Crippen LogP contribution in [-0.2, 0) is 4.43 Å². The van der Waals surface area contributed by atoms with Gasteiger partial charge < -0.3 is 19.1 Å². The zero-order chi connectivity index (χ0) is 16.1. The molecule has 0 aromatic carbocycles. The molecular formula is C16H39N3OSi. The SMILES string of the molecule is CCCC(C)O[SiH2]CN(CCCN(C)C)CCCN(C)C. The van der Waals surface area contributed by atoms with Gasteiger partial charge in [0.15, 0.2) is 9.76 Å². The van der Waals surface area contributed by atoms with Crippen molar-refractivity contribution in [2.75, 3.05) is 60.5 Å². The fourth-order valence-electron chi connectivity index (χ4n) is 2.43. The Kier molecular flexibility index (Phi) is 13.7. The Hall–Kier alpha value is 0.0569. The van der Waals surface area contributed by atoms with Crippen molar-refractivity contribution in [1.29, 1.82) is 0 Å². The predicted octanol–water partition coefficient (Wildman–Crippen LogP) is 1.44. The van der Waals surface area contributed by atoms with E-state index in [0.29, 0.717) is 6.10 Å². The lowest BCUT2D eigenvalue weighted by Gasteiger charge is -2.24. The van der Waals surface area contributed by atoms with Gasteiger partial charge in [-0.3, -0.25) is 0 Å². The minimum atomic E-state index is -0.400. The summed E-state index contributed by atoms with van der Waals surface area (Å²) < 4.78 is 6.04. The summed E-state index contributed by atoms with van der Waals surface area (Å²) in [5.74, 6) is 0. The first kappa shape index (κ1) is 21.1. The Labute approximate surface area is 135 Å². The third-order valence-corrected chi connectivity index (χ3v) is 5.28. The van der Waals surface area contributed by atoms with Crippen LogP contribution in [0.2, 0.25) is 0 Å². The van der Waals surface area contributed by atoms with E-state index in [4.69, 9.17) is 4.43 Å².